The van der Waals surface area contributed by atoms with E-state index in [0.717, 1.165) is 66.1 Å². The Balaban J connectivity index is 1.19. The average Bonchev–Trinajstić information content (AvgIpc) is 3.73. The number of rotatable bonds is 4. The largest absolute Gasteiger partial charge is 0.456 e. The minimum absolute atomic E-state index is 0.468. The maximum atomic E-state index is 6.23. The third-order valence-corrected chi connectivity index (χ3v) is 9.01. The van der Waals surface area contributed by atoms with Crippen molar-refractivity contribution in [2.45, 2.75) is 0 Å². The Morgan fingerprint density at radius 3 is 1.81 bits per heavy atom. The summed E-state index contributed by atoms with van der Waals surface area (Å²) in [5.41, 5.74) is 7.75. The van der Waals surface area contributed by atoms with E-state index in [1.54, 1.807) is 6.20 Å². The number of hydrogen-bond acceptors (Lipinski definition) is 6. The smallest absolute Gasteiger partial charge is 0.183 e. The number of aromatic nitrogens is 4. The zero-order valence-electron chi connectivity index (χ0n) is 25.5. The summed E-state index contributed by atoms with van der Waals surface area (Å²) in [6.45, 7) is 0. The first-order valence-electron chi connectivity index (χ1n) is 15.8. The van der Waals surface area contributed by atoms with E-state index in [1.165, 1.54) is 10.8 Å². The molecule has 0 spiro atoms. The number of furan rings is 2. The van der Waals surface area contributed by atoms with Crippen LogP contribution in [-0.4, -0.2) is 19.9 Å². The van der Waals surface area contributed by atoms with Crippen LogP contribution >= 0.6 is 0 Å². The quantitative estimate of drug-likeness (QED) is 0.196. The van der Waals surface area contributed by atoms with E-state index < -0.39 is 0 Å². The fourth-order valence-corrected chi connectivity index (χ4v) is 6.71. The highest BCUT2D eigenvalue weighted by molar-refractivity contribution is 6.12. The molecule has 6 aromatic carbocycles. The number of para-hydroxylation sites is 2. The van der Waals surface area contributed by atoms with Crippen LogP contribution in [0.15, 0.2) is 155 Å². The van der Waals surface area contributed by atoms with Crippen LogP contribution in [0, 0.1) is 0 Å². The molecule has 4 aromatic heterocycles. The monoisotopic (exact) mass is 616 g/mol. The lowest BCUT2D eigenvalue weighted by atomic mass is 10.00. The maximum Gasteiger partial charge on any atom is 0.183 e. The van der Waals surface area contributed by atoms with E-state index in [1.807, 2.05) is 66.7 Å². The molecule has 0 aliphatic carbocycles. The van der Waals surface area contributed by atoms with Crippen LogP contribution in [0.1, 0.15) is 0 Å². The molecule has 0 N–H and O–H groups in total. The summed E-state index contributed by atoms with van der Waals surface area (Å²) in [6.07, 6.45) is 1.74. The van der Waals surface area contributed by atoms with Crippen molar-refractivity contribution in [2.24, 2.45) is 0 Å². The molecular formula is C42H24N4O2. The molecule has 6 nitrogen and oxygen atoms in total. The Hall–Kier alpha value is -6.66. The number of nitrogens with zero attached hydrogens (tertiary/aromatic N) is 4. The van der Waals surface area contributed by atoms with Gasteiger partial charge in [0.05, 0.1) is 5.39 Å². The molecule has 0 unspecified atom stereocenters. The van der Waals surface area contributed by atoms with Crippen LogP contribution in [0.5, 0.6) is 0 Å². The van der Waals surface area contributed by atoms with Gasteiger partial charge in [0, 0.05) is 33.5 Å². The molecule has 0 amide bonds. The Morgan fingerprint density at radius 2 is 1.00 bits per heavy atom. The van der Waals surface area contributed by atoms with Gasteiger partial charge in [0.25, 0.3) is 0 Å². The molecule has 224 valence electrons. The fourth-order valence-electron chi connectivity index (χ4n) is 6.71. The summed E-state index contributed by atoms with van der Waals surface area (Å²) >= 11 is 0. The summed E-state index contributed by atoms with van der Waals surface area (Å²) in [6, 6.07) is 47.2. The minimum Gasteiger partial charge on any atom is -0.456 e. The van der Waals surface area contributed by atoms with E-state index in [-0.39, 0.29) is 0 Å². The van der Waals surface area contributed by atoms with Gasteiger partial charge in [0.15, 0.2) is 17.5 Å². The highest BCUT2D eigenvalue weighted by atomic mass is 16.3. The second-order valence-corrected chi connectivity index (χ2v) is 11.9. The molecule has 10 rings (SSSR count). The van der Waals surface area contributed by atoms with Crippen LogP contribution < -0.4 is 0 Å². The summed E-state index contributed by atoms with van der Waals surface area (Å²) in [5.74, 6) is 1.56. The number of pyridine rings is 1. The molecule has 6 heteroatoms. The Bertz CT molecular complexity index is 2720. The predicted octanol–water partition coefficient (Wildman–Crippen LogP) is 10.9. The Morgan fingerprint density at radius 1 is 0.396 bits per heavy atom. The molecule has 0 saturated heterocycles. The first-order chi connectivity index (χ1) is 23.8. The van der Waals surface area contributed by atoms with Crippen molar-refractivity contribution in [3.63, 3.8) is 0 Å². The van der Waals surface area contributed by atoms with Gasteiger partial charge >= 0.3 is 0 Å². The molecule has 48 heavy (non-hydrogen) atoms. The molecule has 0 atom stereocenters. The zero-order valence-corrected chi connectivity index (χ0v) is 25.5. The minimum atomic E-state index is 0.468. The first-order valence-corrected chi connectivity index (χ1v) is 15.8. The topological polar surface area (TPSA) is 77.8 Å². The van der Waals surface area contributed by atoms with Crippen molar-refractivity contribution in [1.29, 1.82) is 0 Å². The molecule has 0 bridgehead atoms. The average molecular weight is 617 g/mol. The van der Waals surface area contributed by atoms with Crippen molar-refractivity contribution in [3.8, 4) is 45.4 Å². The van der Waals surface area contributed by atoms with Gasteiger partial charge < -0.3 is 8.83 Å². The molecule has 10 aromatic rings. The van der Waals surface area contributed by atoms with Crippen LogP contribution in [-0.2, 0) is 0 Å². The van der Waals surface area contributed by atoms with Gasteiger partial charge in [-0.15, -0.1) is 0 Å². The molecular weight excluding hydrogens is 592 g/mol. The lowest BCUT2D eigenvalue weighted by Gasteiger charge is -2.10. The van der Waals surface area contributed by atoms with Gasteiger partial charge in [-0.1, -0.05) is 109 Å². The third kappa shape index (κ3) is 4.20. The fraction of sp³-hybridized carbons (Fsp3) is 0. The third-order valence-electron chi connectivity index (χ3n) is 9.01. The SMILES string of the molecule is c1ccc2cc(-c3ccc(-c4nc(-c5cccc6oc7ccccc7c56)nc(-c5nccc6oc7ccccc7c56)n4)cc3)ccc2c1. The molecule has 0 radical (unpaired) electrons. The standard InChI is InChI=1S/C42H24N4O2/c1-2-9-28-24-29(21-18-25(28)8-1)26-16-19-27(20-17-26)40-44-41(32-12-7-15-35-37(32)30-10-3-5-13-33(30)47-35)46-42(45-40)39-38-31-11-4-6-14-34(31)48-36(38)22-23-43-39/h1-24H. The van der Waals surface area contributed by atoms with Gasteiger partial charge in [-0.3, -0.25) is 4.98 Å². The van der Waals surface area contributed by atoms with Gasteiger partial charge in [-0.05, 0) is 52.2 Å². The summed E-state index contributed by atoms with van der Waals surface area (Å²) in [4.78, 5) is 20.1. The normalized spacial score (nSPS) is 11.8. The second-order valence-electron chi connectivity index (χ2n) is 11.9. The van der Waals surface area contributed by atoms with E-state index in [2.05, 4.69) is 72.8 Å². The van der Waals surface area contributed by atoms with Crippen LogP contribution in [0.3, 0.4) is 0 Å². The summed E-state index contributed by atoms with van der Waals surface area (Å²) in [5, 5.41) is 6.23. The maximum absolute atomic E-state index is 6.23. The number of fused-ring (bicyclic) bond motifs is 7. The Kier molecular flexibility index (Phi) is 5.77. The van der Waals surface area contributed by atoms with Crippen LogP contribution in [0.2, 0.25) is 0 Å². The highest BCUT2D eigenvalue weighted by Gasteiger charge is 2.21. The van der Waals surface area contributed by atoms with Gasteiger partial charge in [-0.2, -0.15) is 0 Å². The van der Waals surface area contributed by atoms with Crippen molar-refractivity contribution < 1.29 is 8.83 Å². The van der Waals surface area contributed by atoms with Gasteiger partial charge in [0.1, 0.15) is 28.0 Å². The van der Waals surface area contributed by atoms with E-state index in [9.17, 15) is 0 Å². The van der Waals surface area contributed by atoms with E-state index in [0.29, 0.717) is 23.2 Å². The molecule has 0 saturated carbocycles. The summed E-state index contributed by atoms with van der Waals surface area (Å²) in [7, 11) is 0. The highest BCUT2D eigenvalue weighted by Crippen LogP contribution is 2.38. The summed E-state index contributed by atoms with van der Waals surface area (Å²) < 4.78 is 12.4. The number of hydrogen-bond donors (Lipinski definition) is 0. The van der Waals surface area contributed by atoms with Crippen LogP contribution in [0.4, 0.5) is 0 Å². The molecule has 0 aliphatic rings. The molecule has 4 heterocycles. The van der Waals surface area contributed by atoms with Crippen molar-refractivity contribution >= 4 is 54.6 Å². The molecule has 0 aliphatic heterocycles. The first kappa shape index (κ1) is 26.5. The zero-order chi connectivity index (χ0) is 31.6. The predicted molar refractivity (Wildman–Crippen MR) is 191 cm³/mol. The van der Waals surface area contributed by atoms with Gasteiger partial charge in [0.2, 0.25) is 0 Å². The lowest BCUT2D eigenvalue weighted by Crippen LogP contribution is -2.01. The van der Waals surface area contributed by atoms with Crippen molar-refractivity contribution in [1.82, 2.24) is 19.9 Å². The second kappa shape index (κ2) is 10.4. The lowest BCUT2D eigenvalue weighted by molar-refractivity contribution is 0.668. The molecule has 0 fully saturated rings. The van der Waals surface area contributed by atoms with E-state index in [4.69, 9.17) is 28.8 Å². The van der Waals surface area contributed by atoms with Crippen molar-refractivity contribution in [3.05, 3.63) is 146 Å². The Labute approximate surface area is 274 Å². The van der Waals surface area contributed by atoms with Crippen molar-refractivity contribution in [2.75, 3.05) is 0 Å². The van der Waals surface area contributed by atoms with Gasteiger partial charge in [-0.25, -0.2) is 15.0 Å². The van der Waals surface area contributed by atoms with Crippen LogP contribution in [0.25, 0.3) is 100 Å². The van der Waals surface area contributed by atoms with E-state index >= 15 is 0 Å². The number of benzene rings is 6.